The number of nitrogens with one attached hydrogen (secondary N) is 1. The number of nitrogens with zero attached hydrogens (tertiary/aromatic N) is 1. The highest BCUT2D eigenvalue weighted by Crippen LogP contribution is 2.28. The van der Waals surface area contributed by atoms with E-state index in [9.17, 15) is 4.79 Å². The molecule has 1 atom stereocenters. The first-order valence-corrected chi connectivity index (χ1v) is 10.1. The fourth-order valence-electron chi connectivity index (χ4n) is 3.71. The van der Waals surface area contributed by atoms with Crippen LogP contribution in [0.4, 0.5) is 0 Å². The minimum Gasteiger partial charge on any atom is -0.343 e. The molecule has 3 nitrogen and oxygen atoms in total. The quantitative estimate of drug-likeness (QED) is 0.744. The maximum Gasteiger partial charge on any atom is 0.223 e. The van der Waals surface area contributed by atoms with E-state index < -0.39 is 0 Å². The van der Waals surface area contributed by atoms with Crippen LogP contribution >= 0.6 is 12.4 Å². The molecule has 2 aliphatic rings. The number of hydrogen-bond acceptors (Lipinski definition) is 2. The smallest absolute Gasteiger partial charge is 0.223 e. The van der Waals surface area contributed by atoms with Crippen LogP contribution in [0.1, 0.15) is 75.8 Å². The van der Waals surface area contributed by atoms with Crippen molar-refractivity contribution in [1.82, 2.24) is 10.2 Å². The van der Waals surface area contributed by atoms with Gasteiger partial charge in [-0.2, -0.15) is 0 Å². The fourth-order valence-corrected chi connectivity index (χ4v) is 3.71. The summed E-state index contributed by atoms with van der Waals surface area (Å²) in [6.07, 6.45) is 5.65. The highest BCUT2D eigenvalue weighted by molar-refractivity contribution is 5.85. The molecule has 1 saturated carbocycles. The molecule has 1 unspecified atom stereocenters. The Hall–Kier alpha value is -1.06. The lowest BCUT2D eigenvalue weighted by atomic mass is 9.93. The van der Waals surface area contributed by atoms with Gasteiger partial charge < -0.3 is 10.2 Å². The molecular formula is C22H35ClN2O. The molecule has 2 fully saturated rings. The number of amides is 1. The summed E-state index contributed by atoms with van der Waals surface area (Å²) >= 11 is 0. The van der Waals surface area contributed by atoms with Gasteiger partial charge in [-0.3, -0.25) is 4.79 Å². The minimum absolute atomic E-state index is 0. The van der Waals surface area contributed by atoms with Crippen molar-refractivity contribution >= 4 is 18.3 Å². The van der Waals surface area contributed by atoms with E-state index in [0.29, 0.717) is 30.2 Å². The lowest BCUT2D eigenvalue weighted by Crippen LogP contribution is -2.45. The van der Waals surface area contributed by atoms with Crippen LogP contribution in [0.15, 0.2) is 24.3 Å². The maximum absolute atomic E-state index is 12.6. The molecule has 0 bridgehead atoms. The van der Waals surface area contributed by atoms with Crippen LogP contribution in [0.2, 0.25) is 0 Å². The number of likely N-dealkylation sites (tertiary alicyclic amines) is 1. The molecule has 146 valence electrons. The number of hydrogen-bond donors (Lipinski definition) is 1. The fraction of sp³-hybridized carbons (Fsp3) is 0.682. The number of carbonyl (C=O) groups excluding carboxylic acids is 1. The normalized spacial score (nSPS) is 19.3. The highest BCUT2D eigenvalue weighted by Gasteiger charge is 2.26. The Labute approximate surface area is 165 Å². The molecular weight excluding hydrogens is 344 g/mol. The zero-order valence-electron chi connectivity index (χ0n) is 16.5. The van der Waals surface area contributed by atoms with Gasteiger partial charge in [0, 0.05) is 25.6 Å². The third-order valence-corrected chi connectivity index (χ3v) is 5.89. The monoisotopic (exact) mass is 378 g/mol. The van der Waals surface area contributed by atoms with Gasteiger partial charge in [0.2, 0.25) is 5.91 Å². The zero-order valence-corrected chi connectivity index (χ0v) is 17.4. The molecule has 1 saturated heterocycles. The van der Waals surface area contributed by atoms with E-state index in [-0.39, 0.29) is 12.4 Å². The first-order chi connectivity index (χ1) is 12.0. The third-order valence-electron chi connectivity index (χ3n) is 5.89. The summed E-state index contributed by atoms with van der Waals surface area (Å²) in [5.41, 5.74) is 2.64. The van der Waals surface area contributed by atoms with Gasteiger partial charge in [0.1, 0.15) is 0 Å². The van der Waals surface area contributed by atoms with Crippen molar-refractivity contribution in [3.63, 3.8) is 0 Å². The van der Waals surface area contributed by atoms with Crippen molar-refractivity contribution in [2.75, 3.05) is 19.6 Å². The first-order valence-electron chi connectivity index (χ1n) is 10.1. The second-order valence-corrected chi connectivity index (χ2v) is 8.43. The van der Waals surface area contributed by atoms with Gasteiger partial charge in [-0.05, 0) is 61.1 Å². The van der Waals surface area contributed by atoms with Gasteiger partial charge >= 0.3 is 0 Å². The predicted octanol–water partition coefficient (Wildman–Crippen LogP) is 4.72. The lowest BCUT2D eigenvalue weighted by Gasteiger charge is -2.33. The lowest BCUT2D eigenvalue weighted by molar-refractivity contribution is -0.132. The molecule has 1 aromatic carbocycles. The molecule has 1 aliphatic heterocycles. The molecule has 26 heavy (non-hydrogen) atoms. The van der Waals surface area contributed by atoms with Crippen LogP contribution < -0.4 is 5.32 Å². The Morgan fingerprint density at radius 1 is 1.04 bits per heavy atom. The molecule has 1 amide bonds. The summed E-state index contributed by atoms with van der Waals surface area (Å²) in [6.45, 7) is 9.62. The van der Waals surface area contributed by atoms with E-state index in [2.05, 4.69) is 55.3 Å². The van der Waals surface area contributed by atoms with Crippen LogP contribution in [-0.2, 0) is 4.79 Å². The van der Waals surface area contributed by atoms with Crippen molar-refractivity contribution in [1.29, 1.82) is 0 Å². The van der Waals surface area contributed by atoms with Crippen LogP contribution in [0.25, 0.3) is 0 Å². The molecule has 0 spiro atoms. The van der Waals surface area contributed by atoms with Crippen LogP contribution in [0.3, 0.4) is 0 Å². The summed E-state index contributed by atoms with van der Waals surface area (Å²) in [5, 5.41) is 3.69. The van der Waals surface area contributed by atoms with E-state index >= 15 is 0 Å². The number of rotatable bonds is 7. The topological polar surface area (TPSA) is 32.3 Å². The first kappa shape index (κ1) is 21.2. The number of benzene rings is 1. The SMILES string of the molecule is CC(C)c1ccc(C(C)CC(=O)N2CCC(NCC3CC3)CC2)cc1.Cl. The number of carbonyl (C=O) groups is 1. The second kappa shape index (κ2) is 9.75. The number of halogens is 1. The van der Waals surface area contributed by atoms with Crippen molar-refractivity contribution in [2.24, 2.45) is 5.92 Å². The summed E-state index contributed by atoms with van der Waals surface area (Å²) in [7, 11) is 0. The van der Waals surface area contributed by atoms with Crippen LogP contribution in [-0.4, -0.2) is 36.5 Å². The molecule has 1 aliphatic carbocycles. The average molecular weight is 379 g/mol. The van der Waals surface area contributed by atoms with Crippen molar-refractivity contribution < 1.29 is 4.79 Å². The molecule has 1 aromatic rings. The largest absolute Gasteiger partial charge is 0.343 e. The van der Waals surface area contributed by atoms with Gasteiger partial charge in [0.15, 0.2) is 0 Å². The molecule has 0 aromatic heterocycles. The highest BCUT2D eigenvalue weighted by atomic mass is 35.5. The average Bonchev–Trinajstić information content (AvgIpc) is 3.45. The van der Waals surface area contributed by atoms with Crippen molar-refractivity contribution in [2.45, 2.75) is 70.8 Å². The van der Waals surface area contributed by atoms with Crippen LogP contribution in [0, 0.1) is 5.92 Å². The summed E-state index contributed by atoms with van der Waals surface area (Å²) in [5.74, 6) is 2.10. The van der Waals surface area contributed by atoms with Crippen molar-refractivity contribution in [3.05, 3.63) is 35.4 Å². The molecule has 3 rings (SSSR count). The Kier molecular flexibility index (Phi) is 7.97. The van der Waals surface area contributed by atoms with E-state index in [0.717, 1.165) is 31.8 Å². The van der Waals surface area contributed by atoms with Gasteiger partial charge in [0.25, 0.3) is 0 Å². The Balaban J connectivity index is 0.00000243. The van der Waals surface area contributed by atoms with Crippen LogP contribution in [0.5, 0.6) is 0 Å². The Morgan fingerprint density at radius 2 is 1.62 bits per heavy atom. The van der Waals surface area contributed by atoms with E-state index in [1.54, 1.807) is 0 Å². The molecule has 4 heteroatoms. The third kappa shape index (κ3) is 5.99. The molecule has 0 radical (unpaired) electrons. The summed E-state index contributed by atoms with van der Waals surface area (Å²) in [6, 6.07) is 9.42. The molecule has 1 heterocycles. The van der Waals surface area contributed by atoms with E-state index in [4.69, 9.17) is 0 Å². The Morgan fingerprint density at radius 3 is 2.15 bits per heavy atom. The van der Waals surface area contributed by atoms with Crippen molar-refractivity contribution in [3.8, 4) is 0 Å². The maximum atomic E-state index is 12.6. The zero-order chi connectivity index (χ0) is 17.8. The minimum atomic E-state index is 0. The van der Waals surface area contributed by atoms with Gasteiger partial charge in [-0.15, -0.1) is 12.4 Å². The second-order valence-electron chi connectivity index (χ2n) is 8.43. The van der Waals surface area contributed by atoms with E-state index in [1.165, 1.54) is 30.5 Å². The van der Waals surface area contributed by atoms with Gasteiger partial charge in [-0.1, -0.05) is 45.0 Å². The summed E-state index contributed by atoms with van der Waals surface area (Å²) < 4.78 is 0. The predicted molar refractivity (Wildman–Crippen MR) is 111 cm³/mol. The van der Waals surface area contributed by atoms with Gasteiger partial charge in [0.05, 0.1) is 0 Å². The number of piperidine rings is 1. The molecule has 1 N–H and O–H groups in total. The van der Waals surface area contributed by atoms with E-state index in [1.807, 2.05) is 0 Å². The van der Waals surface area contributed by atoms with Gasteiger partial charge in [-0.25, -0.2) is 0 Å². The Bertz CT molecular complexity index is 560. The standard InChI is InChI=1S/C22H34N2O.ClH/c1-16(2)19-6-8-20(9-7-19)17(3)14-22(25)24-12-10-21(11-13-24)23-15-18-4-5-18;/h6-9,16-18,21,23H,4-5,10-15H2,1-3H3;1H. The summed E-state index contributed by atoms with van der Waals surface area (Å²) in [4.78, 5) is 14.7.